The van der Waals surface area contributed by atoms with E-state index in [-0.39, 0.29) is 0 Å². The fourth-order valence-electron chi connectivity index (χ4n) is 1.34. The van der Waals surface area contributed by atoms with E-state index in [2.05, 4.69) is 45.0 Å². The Balaban J connectivity index is 2.55. The van der Waals surface area contributed by atoms with E-state index in [1.165, 1.54) is 0 Å². The number of rotatable bonds is 2. The van der Waals surface area contributed by atoms with E-state index in [1.807, 2.05) is 16.7 Å². The van der Waals surface area contributed by atoms with E-state index in [9.17, 15) is 0 Å². The Morgan fingerprint density at radius 1 is 1.40 bits per heavy atom. The molecule has 5 heteroatoms. The second-order valence-electron chi connectivity index (χ2n) is 3.49. The van der Waals surface area contributed by atoms with Gasteiger partial charge >= 0.3 is 0 Å². The van der Waals surface area contributed by atoms with Crippen molar-refractivity contribution >= 4 is 15.9 Å². The lowest BCUT2D eigenvalue weighted by Crippen LogP contribution is -2.03. The highest BCUT2D eigenvalue weighted by molar-refractivity contribution is 9.10. The Hall–Kier alpha value is -1.23. The zero-order chi connectivity index (χ0) is 10.8. The molecule has 0 aliphatic heterocycles. The van der Waals surface area contributed by atoms with Crippen LogP contribution in [0.2, 0.25) is 0 Å². The number of nitrogens with zero attached hydrogens (tertiary/aromatic N) is 4. The highest BCUT2D eigenvalue weighted by Crippen LogP contribution is 2.25. The van der Waals surface area contributed by atoms with Crippen molar-refractivity contribution < 1.29 is 0 Å². The predicted octanol–water partition coefficient (Wildman–Crippen LogP) is 2.68. The third kappa shape index (κ3) is 1.92. The zero-order valence-electron chi connectivity index (χ0n) is 8.55. The van der Waals surface area contributed by atoms with Crippen LogP contribution in [0.15, 0.2) is 29.1 Å². The van der Waals surface area contributed by atoms with Gasteiger partial charge in [0.05, 0.1) is 0 Å². The fraction of sp³-hybridized carbons (Fsp3) is 0.300. The summed E-state index contributed by atoms with van der Waals surface area (Å²) in [5, 5.41) is 8.00. The van der Waals surface area contributed by atoms with Crippen LogP contribution >= 0.6 is 15.9 Å². The Morgan fingerprint density at radius 3 is 2.87 bits per heavy atom. The van der Waals surface area contributed by atoms with Crippen molar-refractivity contribution in [2.75, 3.05) is 0 Å². The third-order valence-electron chi connectivity index (χ3n) is 2.10. The smallest absolute Gasteiger partial charge is 0.183 e. The quantitative estimate of drug-likeness (QED) is 0.840. The molecule has 4 nitrogen and oxygen atoms in total. The first-order chi connectivity index (χ1) is 7.20. The minimum absolute atomic E-state index is 0.323. The van der Waals surface area contributed by atoms with Crippen LogP contribution in [0.3, 0.4) is 0 Å². The summed E-state index contributed by atoms with van der Waals surface area (Å²) in [7, 11) is 0. The largest absolute Gasteiger partial charge is 0.310 e. The molecule has 2 aromatic heterocycles. The Labute approximate surface area is 96.5 Å². The van der Waals surface area contributed by atoms with Crippen LogP contribution in [0.1, 0.15) is 19.9 Å². The first kappa shape index (κ1) is 10.3. The molecular formula is C10H11BrN4. The second-order valence-corrected chi connectivity index (χ2v) is 4.34. The molecule has 0 saturated carbocycles. The van der Waals surface area contributed by atoms with Crippen LogP contribution in [0.4, 0.5) is 0 Å². The third-order valence-corrected chi connectivity index (χ3v) is 2.74. The number of pyridine rings is 1. The zero-order valence-corrected chi connectivity index (χ0v) is 10.1. The average Bonchev–Trinajstić information content (AvgIpc) is 2.67. The monoisotopic (exact) mass is 266 g/mol. The molecule has 0 bridgehead atoms. The average molecular weight is 267 g/mol. The lowest BCUT2D eigenvalue weighted by molar-refractivity contribution is 0.603. The maximum Gasteiger partial charge on any atom is 0.183 e. The van der Waals surface area contributed by atoms with E-state index >= 15 is 0 Å². The van der Waals surface area contributed by atoms with Gasteiger partial charge in [-0.05, 0) is 41.9 Å². The van der Waals surface area contributed by atoms with Crippen molar-refractivity contribution in [1.29, 1.82) is 0 Å². The van der Waals surface area contributed by atoms with Crippen LogP contribution in [0, 0.1) is 0 Å². The van der Waals surface area contributed by atoms with Gasteiger partial charge in [0.1, 0.15) is 12.0 Å². The summed E-state index contributed by atoms with van der Waals surface area (Å²) in [6.45, 7) is 4.17. The first-order valence-corrected chi connectivity index (χ1v) is 5.50. The van der Waals surface area contributed by atoms with Gasteiger partial charge in [-0.25, -0.2) is 0 Å². The van der Waals surface area contributed by atoms with Crippen LogP contribution in [-0.2, 0) is 0 Å². The van der Waals surface area contributed by atoms with Crippen molar-refractivity contribution in [2.45, 2.75) is 19.9 Å². The van der Waals surface area contributed by atoms with Crippen molar-refractivity contribution in [1.82, 2.24) is 19.7 Å². The van der Waals surface area contributed by atoms with E-state index in [0.29, 0.717) is 6.04 Å². The highest BCUT2D eigenvalue weighted by Gasteiger charge is 2.13. The first-order valence-electron chi connectivity index (χ1n) is 4.70. The summed E-state index contributed by atoms with van der Waals surface area (Å²) < 4.78 is 2.92. The van der Waals surface area contributed by atoms with Gasteiger partial charge in [-0.15, -0.1) is 10.2 Å². The molecule has 0 aliphatic carbocycles. The molecule has 0 spiro atoms. The standard InChI is InChI=1S/C10H11BrN4/c1-7(2)15-6-13-14-10(15)9-8(11)4-3-5-12-9/h3-7H,1-2H3. The molecule has 0 aliphatic rings. The normalized spacial score (nSPS) is 10.9. The van der Waals surface area contributed by atoms with E-state index in [0.717, 1.165) is 16.0 Å². The van der Waals surface area contributed by atoms with Crippen molar-refractivity contribution in [3.63, 3.8) is 0 Å². The molecule has 0 amide bonds. The Bertz CT molecular complexity index is 464. The van der Waals surface area contributed by atoms with Crippen LogP contribution in [0.25, 0.3) is 11.5 Å². The van der Waals surface area contributed by atoms with Gasteiger partial charge in [0.25, 0.3) is 0 Å². The summed E-state index contributed by atoms with van der Waals surface area (Å²) in [4.78, 5) is 4.29. The molecule has 15 heavy (non-hydrogen) atoms. The van der Waals surface area contributed by atoms with Crippen LogP contribution in [0.5, 0.6) is 0 Å². The van der Waals surface area contributed by atoms with Gasteiger partial charge in [-0.3, -0.25) is 4.98 Å². The summed E-state index contributed by atoms with van der Waals surface area (Å²) in [6.07, 6.45) is 3.47. The maximum absolute atomic E-state index is 4.29. The summed E-state index contributed by atoms with van der Waals surface area (Å²) in [5.74, 6) is 0.789. The molecule has 0 atom stereocenters. The molecule has 0 radical (unpaired) electrons. The molecule has 2 rings (SSSR count). The minimum Gasteiger partial charge on any atom is -0.310 e. The van der Waals surface area contributed by atoms with Gasteiger partial charge in [0, 0.05) is 16.7 Å². The molecule has 2 aromatic rings. The van der Waals surface area contributed by atoms with Gasteiger partial charge < -0.3 is 4.57 Å². The molecular weight excluding hydrogens is 256 g/mol. The highest BCUT2D eigenvalue weighted by atomic mass is 79.9. The lowest BCUT2D eigenvalue weighted by atomic mass is 10.3. The SMILES string of the molecule is CC(C)n1cnnc1-c1ncccc1Br. The van der Waals surface area contributed by atoms with Gasteiger partial charge in [-0.2, -0.15) is 0 Å². The maximum atomic E-state index is 4.29. The second kappa shape index (κ2) is 4.10. The lowest BCUT2D eigenvalue weighted by Gasteiger charge is -2.09. The number of hydrogen-bond donors (Lipinski definition) is 0. The van der Waals surface area contributed by atoms with E-state index in [1.54, 1.807) is 12.5 Å². The van der Waals surface area contributed by atoms with Gasteiger partial charge in [0.15, 0.2) is 5.82 Å². The molecule has 2 heterocycles. The Morgan fingerprint density at radius 2 is 2.20 bits per heavy atom. The minimum atomic E-state index is 0.323. The molecule has 0 saturated heterocycles. The van der Waals surface area contributed by atoms with Crippen LogP contribution < -0.4 is 0 Å². The van der Waals surface area contributed by atoms with Crippen molar-refractivity contribution in [3.05, 3.63) is 29.1 Å². The topological polar surface area (TPSA) is 43.6 Å². The molecule has 0 unspecified atom stereocenters. The van der Waals surface area contributed by atoms with E-state index in [4.69, 9.17) is 0 Å². The van der Waals surface area contributed by atoms with Gasteiger partial charge in [-0.1, -0.05) is 0 Å². The molecule has 0 aromatic carbocycles. The molecule has 0 fully saturated rings. The van der Waals surface area contributed by atoms with Crippen molar-refractivity contribution in [2.24, 2.45) is 0 Å². The summed E-state index contributed by atoms with van der Waals surface area (Å²) in [6, 6.07) is 4.15. The number of halogens is 1. The predicted molar refractivity (Wildman–Crippen MR) is 61.3 cm³/mol. The molecule has 78 valence electrons. The Kier molecular flexibility index (Phi) is 2.81. The fourth-order valence-corrected chi connectivity index (χ4v) is 1.77. The van der Waals surface area contributed by atoms with Gasteiger partial charge in [0.2, 0.25) is 0 Å². The molecule has 0 N–H and O–H groups in total. The van der Waals surface area contributed by atoms with E-state index < -0.39 is 0 Å². The summed E-state index contributed by atoms with van der Waals surface area (Å²) >= 11 is 3.46. The summed E-state index contributed by atoms with van der Waals surface area (Å²) in [5.41, 5.74) is 0.823. The van der Waals surface area contributed by atoms with Crippen molar-refractivity contribution in [3.8, 4) is 11.5 Å². The number of aromatic nitrogens is 4. The number of hydrogen-bond acceptors (Lipinski definition) is 3. The van der Waals surface area contributed by atoms with Crippen LogP contribution in [-0.4, -0.2) is 19.7 Å².